The number of β-amino-alcohol motifs (C(OH)–C–C–N with tert-alkyl or cyclic N) is 1. The van der Waals surface area contributed by atoms with E-state index in [-0.39, 0.29) is 5.91 Å². The van der Waals surface area contributed by atoms with Gasteiger partial charge in [-0.1, -0.05) is 0 Å². The van der Waals surface area contributed by atoms with E-state index < -0.39 is 5.60 Å². The Morgan fingerprint density at radius 1 is 1.44 bits per heavy atom. The van der Waals surface area contributed by atoms with Crippen molar-refractivity contribution in [2.45, 2.75) is 12.5 Å². The van der Waals surface area contributed by atoms with E-state index in [9.17, 15) is 9.90 Å². The summed E-state index contributed by atoms with van der Waals surface area (Å²) in [5.41, 5.74) is 6.96. The predicted molar refractivity (Wildman–Crippen MR) is 71.7 cm³/mol. The maximum atomic E-state index is 12.3. The molecule has 0 atom stereocenters. The first kappa shape index (κ1) is 12.7. The molecule has 0 spiro atoms. The van der Waals surface area contributed by atoms with E-state index in [2.05, 4.69) is 0 Å². The quantitative estimate of drug-likeness (QED) is 0.751. The Morgan fingerprint density at radius 3 is 2.56 bits per heavy atom. The summed E-state index contributed by atoms with van der Waals surface area (Å²) in [6.45, 7) is 2.46. The zero-order valence-corrected chi connectivity index (χ0v) is 11.0. The maximum absolute atomic E-state index is 12.3. The fourth-order valence-electron chi connectivity index (χ4n) is 2.20. The third-order valence-electron chi connectivity index (χ3n) is 3.08. The molecule has 1 aliphatic heterocycles. The molecule has 5 nitrogen and oxygen atoms in total. The highest BCUT2D eigenvalue weighted by atomic mass is 16.3. The van der Waals surface area contributed by atoms with Gasteiger partial charge in [-0.2, -0.15) is 0 Å². The molecule has 0 saturated carbocycles. The Bertz CT molecular complexity index is 475. The molecule has 1 aliphatic rings. The molecule has 1 saturated heterocycles. The number of rotatable bonds is 2. The second kappa shape index (κ2) is 4.17. The van der Waals surface area contributed by atoms with Crippen LogP contribution in [0.2, 0.25) is 0 Å². The summed E-state index contributed by atoms with van der Waals surface area (Å²) in [6.07, 6.45) is 0. The van der Waals surface area contributed by atoms with Crippen molar-refractivity contribution in [1.82, 2.24) is 4.90 Å². The number of carbonyl (C=O) groups excluding carboxylic acids is 1. The van der Waals surface area contributed by atoms with Crippen LogP contribution in [0.5, 0.6) is 0 Å². The molecule has 2 rings (SSSR count). The fraction of sp³-hybridized carbons (Fsp3) is 0.462. The molecule has 1 fully saturated rings. The lowest BCUT2D eigenvalue weighted by atomic mass is 9.95. The van der Waals surface area contributed by atoms with Crippen molar-refractivity contribution in [1.29, 1.82) is 0 Å². The molecule has 1 aromatic rings. The van der Waals surface area contributed by atoms with Gasteiger partial charge < -0.3 is 20.6 Å². The summed E-state index contributed by atoms with van der Waals surface area (Å²) in [6, 6.07) is 5.30. The minimum atomic E-state index is -0.756. The molecule has 18 heavy (non-hydrogen) atoms. The highest BCUT2D eigenvalue weighted by Crippen LogP contribution is 2.27. The molecule has 0 bridgehead atoms. The smallest absolute Gasteiger partial charge is 0.256 e. The van der Waals surface area contributed by atoms with E-state index in [1.165, 1.54) is 0 Å². The van der Waals surface area contributed by atoms with Gasteiger partial charge in [-0.25, -0.2) is 0 Å². The van der Waals surface area contributed by atoms with Gasteiger partial charge >= 0.3 is 0 Å². The van der Waals surface area contributed by atoms with Crippen LogP contribution in [0.25, 0.3) is 0 Å². The van der Waals surface area contributed by atoms with Crippen molar-refractivity contribution in [3.63, 3.8) is 0 Å². The van der Waals surface area contributed by atoms with Gasteiger partial charge in [0, 0.05) is 25.5 Å². The van der Waals surface area contributed by atoms with E-state index in [0.717, 1.165) is 5.69 Å². The average Bonchev–Trinajstić information content (AvgIpc) is 2.24. The molecule has 1 amide bonds. The van der Waals surface area contributed by atoms with Crippen LogP contribution in [0.1, 0.15) is 17.3 Å². The zero-order chi connectivity index (χ0) is 13.5. The minimum absolute atomic E-state index is 0.0856. The molecule has 0 aromatic heterocycles. The first-order valence-electron chi connectivity index (χ1n) is 5.89. The second-order valence-corrected chi connectivity index (χ2v) is 5.33. The molecule has 0 radical (unpaired) electrons. The van der Waals surface area contributed by atoms with Gasteiger partial charge in [0.1, 0.15) is 0 Å². The van der Waals surface area contributed by atoms with E-state index in [1.54, 1.807) is 24.0 Å². The molecular formula is C13H19N3O2. The number of carbonyl (C=O) groups is 1. The van der Waals surface area contributed by atoms with E-state index >= 15 is 0 Å². The number of nitrogen functional groups attached to an aromatic ring is 1. The molecule has 0 unspecified atom stereocenters. The minimum Gasteiger partial charge on any atom is -0.399 e. The average molecular weight is 249 g/mol. The van der Waals surface area contributed by atoms with Crippen molar-refractivity contribution in [2.24, 2.45) is 0 Å². The van der Waals surface area contributed by atoms with E-state index in [1.807, 2.05) is 25.1 Å². The van der Waals surface area contributed by atoms with Crippen molar-refractivity contribution >= 4 is 17.3 Å². The molecule has 1 aromatic carbocycles. The van der Waals surface area contributed by atoms with Crippen LogP contribution < -0.4 is 10.6 Å². The van der Waals surface area contributed by atoms with Crippen LogP contribution in [-0.2, 0) is 0 Å². The van der Waals surface area contributed by atoms with Crippen LogP contribution >= 0.6 is 0 Å². The van der Waals surface area contributed by atoms with Crippen LogP contribution in [0.4, 0.5) is 11.4 Å². The predicted octanol–water partition coefficient (Wildman–Crippen LogP) is 0.542. The molecule has 3 N–H and O–H groups in total. The van der Waals surface area contributed by atoms with Gasteiger partial charge in [-0.05, 0) is 25.1 Å². The number of benzene rings is 1. The zero-order valence-electron chi connectivity index (χ0n) is 11.0. The van der Waals surface area contributed by atoms with Crippen molar-refractivity contribution in [3.8, 4) is 0 Å². The standard InChI is InChI=1S/C13H19N3O2/c1-13(18)7-16(8-13)12(17)10-6-9(14)4-5-11(10)15(2)3/h4-6,18H,7-8,14H2,1-3H3. The van der Waals surface area contributed by atoms with Crippen molar-refractivity contribution in [2.75, 3.05) is 37.8 Å². The Balaban J connectivity index is 2.27. The van der Waals surface area contributed by atoms with Crippen LogP contribution in [0.15, 0.2) is 18.2 Å². The molecule has 1 heterocycles. The van der Waals surface area contributed by atoms with Gasteiger partial charge in [0.15, 0.2) is 0 Å². The molecule has 0 aliphatic carbocycles. The summed E-state index contributed by atoms with van der Waals surface area (Å²) < 4.78 is 0. The number of amides is 1. The molecule has 98 valence electrons. The lowest BCUT2D eigenvalue weighted by Crippen LogP contribution is -2.61. The highest BCUT2D eigenvalue weighted by Gasteiger charge is 2.40. The normalized spacial score (nSPS) is 17.2. The lowest BCUT2D eigenvalue weighted by Gasteiger charge is -2.44. The van der Waals surface area contributed by atoms with Crippen molar-refractivity contribution in [3.05, 3.63) is 23.8 Å². The lowest BCUT2D eigenvalue weighted by molar-refractivity contribution is -0.0668. The number of anilines is 2. The first-order valence-corrected chi connectivity index (χ1v) is 5.89. The third kappa shape index (κ3) is 2.26. The fourth-order valence-corrected chi connectivity index (χ4v) is 2.20. The van der Waals surface area contributed by atoms with Gasteiger partial charge in [0.05, 0.1) is 24.3 Å². The largest absolute Gasteiger partial charge is 0.399 e. The molecule has 5 heteroatoms. The highest BCUT2D eigenvalue weighted by molar-refractivity contribution is 6.01. The summed E-state index contributed by atoms with van der Waals surface area (Å²) >= 11 is 0. The summed E-state index contributed by atoms with van der Waals surface area (Å²) in [5, 5.41) is 9.68. The molecular weight excluding hydrogens is 230 g/mol. The van der Waals surface area contributed by atoms with Gasteiger partial charge in [0.25, 0.3) is 5.91 Å². The van der Waals surface area contributed by atoms with Gasteiger partial charge in [0.2, 0.25) is 0 Å². The topological polar surface area (TPSA) is 69.8 Å². The van der Waals surface area contributed by atoms with Crippen LogP contribution in [0.3, 0.4) is 0 Å². The van der Waals surface area contributed by atoms with Crippen molar-refractivity contribution < 1.29 is 9.90 Å². The Labute approximate surface area is 107 Å². The van der Waals surface area contributed by atoms with Crippen LogP contribution in [-0.4, -0.2) is 48.7 Å². The third-order valence-corrected chi connectivity index (χ3v) is 3.08. The van der Waals surface area contributed by atoms with E-state index in [4.69, 9.17) is 5.73 Å². The van der Waals surface area contributed by atoms with Gasteiger partial charge in [-0.15, -0.1) is 0 Å². The Morgan fingerprint density at radius 2 is 2.06 bits per heavy atom. The first-order chi connectivity index (χ1) is 8.30. The summed E-state index contributed by atoms with van der Waals surface area (Å²) in [4.78, 5) is 15.8. The monoisotopic (exact) mass is 249 g/mol. The number of likely N-dealkylation sites (tertiary alicyclic amines) is 1. The number of hydrogen-bond acceptors (Lipinski definition) is 4. The number of aliphatic hydroxyl groups is 1. The number of hydrogen-bond donors (Lipinski definition) is 2. The van der Waals surface area contributed by atoms with Gasteiger partial charge in [-0.3, -0.25) is 4.79 Å². The van der Waals surface area contributed by atoms with Crippen LogP contribution in [0, 0.1) is 0 Å². The Kier molecular flexibility index (Phi) is 2.94. The Hall–Kier alpha value is -1.75. The summed E-state index contributed by atoms with van der Waals surface area (Å²) in [5.74, 6) is -0.0856. The number of nitrogens with zero attached hydrogens (tertiary/aromatic N) is 2. The maximum Gasteiger partial charge on any atom is 0.256 e. The van der Waals surface area contributed by atoms with E-state index in [0.29, 0.717) is 24.3 Å². The number of nitrogens with two attached hydrogens (primary N) is 1. The summed E-state index contributed by atoms with van der Waals surface area (Å²) in [7, 11) is 3.77. The second-order valence-electron chi connectivity index (χ2n) is 5.33. The SMILES string of the molecule is CN(C)c1ccc(N)cc1C(=O)N1CC(C)(O)C1.